The molecule has 0 aliphatic carbocycles. The molecule has 142 valence electrons. The number of anilines is 1. The molecular weight excluding hydrogens is 338 g/mol. The van der Waals surface area contributed by atoms with Gasteiger partial charge >= 0.3 is 0 Å². The van der Waals surface area contributed by atoms with Crippen molar-refractivity contribution in [2.75, 3.05) is 11.9 Å². The fourth-order valence-corrected chi connectivity index (χ4v) is 3.05. The first-order valence-electron chi connectivity index (χ1n) is 9.49. The molecule has 0 saturated carbocycles. The summed E-state index contributed by atoms with van der Waals surface area (Å²) >= 11 is 0. The summed E-state index contributed by atoms with van der Waals surface area (Å²) in [4.78, 5) is 17.6. The van der Waals surface area contributed by atoms with E-state index in [-0.39, 0.29) is 11.9 Å². The number of hydrogen-bond acceptors (Lipinski definition) is 4. The van der Waals surface area contributed by atoms with Gasteiger partial charge in [-0.25, -0.2) is 9.67 Å². The molecule has 3 rings (SSSR count). The average Bonchev–Trinajstić information content (AvgIpc) is 3.09. The molecule has 2 aromatic heterocycles. The summed E-state index contributed by atoms with van der Waals surface area (Å²) in [5, 5.41) is 11.6. The normalized spacial score (nSPS) is 12.3. The van der Waals surface area contributed by atoms with Crippen molar-refractivity contribution in [1.82, 2.24) is 20.1 Å². The molecule has 3 aromatic rings. The summed E-state index contributed by atoms with van der Waals surface area (Å²) in [5.41, 5.74) is 4.08. The number of hydrogen-bond donors (Lipinski definition) is 2. The number of carbonyl (C=O) groups is 1. The van der Waals surface area contributed by atoms with E-state index in [1.54, 1.807) is 6.20 Å². The molecule has 6 nitrogen and oxygen atoms in total. The van der Waals surface area contributed by atoms with Crippen LogP contribution in [0.4, 0.5) is 5.69 Å². The molecule has 0 aliphatic rings. The van der Waals surface area contributed by atoms with Crippen LogP contribution in [0.3, 0.4) is 0 Å². The maximum absolute atomic E-state index is 13.0. The van der Waals surface area contributed by atoms with Crippen molar-refractivity contribution in [2.24, 2.45) is 0 Å². The van der Waals surface area contributed by atoms with Gasteiger partial charge in [0.05, 0.1) is 23.2 Å². The Balaban J connectivity index is 1.91. The molecule has 1 amide bonds. The number of pyridine rings is 1. The molecule has 2 N–H and O–H groups in total. The topological polar surface area (TPSA) is 71.8 Å². The molecule has 1 atom stereocenters. The molecule has 27 heavy (non-hydrogen) atoms. The molecule has 0 saturated heterocycles. The first kappa shape index (κ1) is 19.0. The highest BCUT2D eigenvalue weighted by atomic mass is 16.1. The van der Waals surface area contributed by atoms with Crippen LogP contribution in [0.2, 0.25) is 0 Å². The lowest BCUT2D eigenvalue weighted by atomic mass is 10.1. The van der Waals surface area contributed by atoms with Crippen LogP contribution in [0, 0.1) is 6.92 Å². The Kier molecular flexibility index (Phi) is 5.86. The van der Waals surface area contributed by atoms with Crippen LogP contribution in [-0.2, 0) is 6.54 Å². The number of aromatic nitrogens is 3. The Hall–Kier alpha value is -2.73. The van der Waals surface area contributed by atoms with Crippen molar-refractivity contribution in [3.8, 4) is 0 Å². The number of benzene rings is 1. The third-order valence-electron chi connectivity index (χ3n) is 4.71. The van der Waals surface area contributed by atoms with E-state index in [0.717, 1.165) is 47.5 Å². The van der Waals surface area contributed by atoms with Gasteiger partial charge in [-0.15, -0.1) is 0 Å². The molecular formula is C21H27N5O. The molecule has 0 fully saturated rings. The van der Waals surface area contributed by atoms with Crippen molar-refractivity contribution in [2.45, 2.75) is 46.7 Å². The standard InChI is InChI=1S/C21H27N5O/c1-5-15(4)26-20-19(13-23-26)18(10-14(3)24-20)21(27)25-17-9-7-8-16(11-17)12-22-6-2/h7-11,13,15,22H,5-6,12H2,1-4H3,(H,25,27). The van der Waals surface area contributed by atoms with Crippen LogP contribution in [0.5, 0.6) is 0 Å². The van der Waals surface area contributed by atoms with Crippen LogP contribution in [0.1, 0.15) is 54.8 Å². The zero-order valence-electron chi connectivity index (χ0n) is 16.4. The summed E-state index contributed by atoms with van der Waals surface area (Å²) < 4.78 is 1.90. The second-order valence-electron chi connectivity index (χ2n) is 6.83. The summed E-state index contributed by atoms with van der Waals surface area (Å²) in [5.74, 6) is -0.144. The molecule has 2 heterocycles. The molecule has 0 bridgehead atoms. The second-order valence-corrected chi connectivity index (χ2v) is 6.83. The molecule has 1 unspecified atom stereocenters. The largest absolute Gasteiger partial charge is 0.322 e. The Morgan fingerprint density at radius 3 is 2.81 bits per heavy atom. The van der Waals surface area contributed by atoms with Gasteiger partial charge in [0, 0.05) is 17.9 Å². The molecule has 6 heteroatoms. The minimum absolute atomic E-state index is 0.144. The van der Waals surface area contributed by atoms with Gasteiger partial charge in [0.15, 0.2) is 5.65 Å². The van der Waals surface area contributed by atoms with E-state index in [4.69, 9.17) is 0 Å². The predicted octanol–water partition coefficient (Wildman–Crippen LogP) is 4.07. The van der Waals surface area contributed by atoms with E-state index in [9.17, 15) is 4.79 Å². The lowest BCUT2D eigenvalue weighted by Crippen LogP contribution is -2.15. The Morgan fingerprint density at radius 1 is 1.26 bits per heavy atom. The van der Waals surface area contributed by atoms with E-state index in [1.165, 1.54) is 0 Å². The number of nitrogens with one attached hydrogen (secondary N) is 2. The number of carbonyl (C=O) groups excluding carboxylic acids is 1. The third kappa shape index (κ3) is 4.17. The van der Waals surface area contributed by atoms with Gasteiger partial charge in [-0.05, 0) is 50.6 Å². The van der Waals surface area contributed by atoms with E-state index < -0.39 is 0 Å². The number of rotatable bonds is 7. The minimum Gasteiger partial charge on any atom is -0.322 e. The zero-order chi connectivity index (χ0) is 19.4. The van der Waals surface area contributed by atoms with Crippen molar-refractivity contribution in [3.05, 3.63) is 53.3 Å². The number of aryl methyl sites for hydroxylation is 1. The predicted molar refractivity (Wildman–Crippen MR) is 109 cm³/mol. The lowest BCUT2D eigenvalue weighted by Gasteiger charge is -2.12. The van der Waals surface area contributed by atoms with Gasteiger partial charge in [0.1, 0.15) is 0 Å². The lowest BCUT2D eigenvalue weighted by molar-refractivity contribution is 0.102. The number of amides is 1. The number of nitrogens with zero attached hydrogens (tertiary/aromatic N) is 3. The van der Waals surface area contributed by atoms with Crippen LogP contribution in [-0.4, -0.2) is 27.2 Å². The molecule has 0 radical (unpaired) electrons. The summed E-state index contributed by atoms with van der Waals surface area (Å²) in [6.07, 6.45) is 2.69. The fourth-order valence-electron chi connectivity index (χ4n) is 3.05. The maximum atomic E-state index is 13.0. The first-order chi connectivity index (χ1) is 13.0. The Bertz CT molecular complexity index is 947. The van der Waals surface area contributed by atoms with Gasteiger partial charge in [0.2, 0.25) is 0 Å². The first-order valence-corrected chi connectivity index (χ1v) is 9.49. The molecule has 0 spiro atoms. The van der Waals surface area contributed by atoms with E-state index in [1.807, 2.05) is 41.9 Å². The monoisotopic (exact) mass is 365 g/mol. The van der Waals surface area contributed by atoms with Crippen LogP contribution in [0.15, 0.2) is 36.5 Å². The minimum atomic E-state index is -0.144. The summed E-state index contributed by atoms with van der Waals surface area (Å²) in [7, 11) is 0. The van der Waals surface area contributed by atoms with Gasteiger partial charge in [-0.2, -0.15) is 5.10 Å². The average molecular weight is 365 g/mol. The molecule has 1 aromatic carbocycles. The van der Waals surface area contributed by atoms with Crippen LogP contribution >= 0.6 is 0 Å². The van der Waals surface area contributed by atoms with Crippen molar-refractivity contribution < 1.29 is 4.79 Å². The summed E-state index contributed by atoms with van der Waals surface area (Å²) in [6.45, 7) is 9.88. The van der Waals surface area contributed by atoms with Gasteiger partial charge < -0.3 is 10.6 Å². The van der Waals surface area contributed by atoms with Crippen LogP contribution < -0.4 is 10.6 Å². The van der Waals surface area contributed by atoms with Crippen molar-refractivity contribution >= 4 is 22.6 Å². The van der Waals surface area contributed by atoms with E-state index in [2.05, 4.69) is 41.5 Å². The highest BCUT2D eigenvalue weighted by Crippen LogP contribution is 2.23. The van der Waals surface area contributed by atoms with Crippen molar-refractivity contribution in [1.29, 1.82) is 0 Å². The van der Waals surface area contributed by atoms with Crippen molar-refractivity contribution in [3.63, 3.8) is 0 Å². The molecule has 0 aliphatic heterocycles. The van der Waals surface area contributed by atoms with Crippen LogP contribution in [0.25, 0.3) is 11.0 Å². The summed E-state index contributed by atoms with van der Waals surface area (Å²) in [6, 6.07) is 9.95. The van der Waals surface area contributed by atoms with Gasteiger partial charge in [0.25, 0.3) is 5.91 Å². The smallest absolute Gasteiger partial charge is 0.256 e. The Labute approximate surface area is 160 Å². The quantitative estimate of drug-likeness (QED) is 0.662. The third-order valence-corrected chi connectivity index (χ3v) is 4.71. The van der Waals surface area contributed by atoms with Gasteiger partial charge in [-0.3, -0.25) is 4.79 Å². The SMILES string of the molecule is CCNCc1cccc(NC(=O)c2cc(C)nc3c2cnn3C(C)CC)c1. The Morgan fingerprint density at radius 2 is 2.07 bits per heavy atom. The zero-order valence-corrected chi connectivity index (χ0v) is 16.4. The van der Waals surface area contributed by atoms with E-state index in [0.29, 0.717) is 5.56 Å². The van der Waals surface area contributed by atoms with E-state index >= 15 is 0 Å². The fraction of sp³-hybridized carbons (Fsp3) is 0.381. The number of fused-ring (bicyclic) bond motifs is 1. The highest BCUT2D eigenvalue weighted by molar-refractivity contribution is 6.12. The maximum Gasteiger partial charge on any atom is 0.256 e. The second kappa shape index (κ2) is 8.31. The van der Waals surface area contributed by atoms with Gasteiger partial charge in [-0.1, -0.05) is 26.0 Å². The highest BCUT2D eigenvalue weighted by Gasteiger charge is 2.17.